The molecule has 6 heterocycles. The van der Waals surface area contributed by atoms with Crippen LogP contribution in [0.4, 0.5) is 17.6 Å². The van der Waals surface area contributed by atoms with Crippen molar-refractivity contribution >= 4 is 69.6 Å². The van der Waals surface area contributed by atoms with E-state index in [9.17, 15) is 44.3 Å². The van der Waals surface area contributed by atoms with Crippen molar-refractivity contribution in [2.75, 3.05) is 38.1 Å². The molecule has 2 aliphatic rings. The molecule has 8 unspecified atom stereocenters. The standard InChI is InChI=1S/C45H32N6O11.C11H15N5O5.CH4O.Na.H2O/c52-39(28-16-6-1-7-17-28)50(40(53)29-18-8-2-9-19-29)38-34-37(47-45(48-38)51(57)58)49(27-46-34)41-36(62-44(56)32-24-14-5-15-25-32)35(61-43(55)31-22-12-4-13-23-31)33(60-41)26-59-42(54)30-20-10-3-11-21-30;1-20-11-14-8(12)5-9(15-11)16(3-13-5)10-7(19)6(18)4(2-17)21-10;1-2;;/h1-25,27,33,35-36,41H,26H2;3-4,6-7,10,17-19H,2H2,1H3,(H2,12,14,15);2H,1H3;;1H2/q;;;+1;/p-1. The number of methoxy groups -OCH3 is 1. The number of benzene rings is 5. The van der Waals surface area contributed by atoms with Crippen molar-refractivity contribution in [3.8, 4) is 6.01 Å². The van der Waals surface area contributed by atoms with Gasteiger partial charge in [0.1, 0.15) is 37.4 Å². The van der Waals surface area contributed by atoms with E-state index >= 15 is 0 Å². The van der Waals surface area contributed by atoms with Crippen LogP contribution in [-0.4, -0.2) is 164 Å². The number of carbonyl (C=O) groups excluding carboxylic acids is 5. The van der Waals surface area contributed by atoms with Crippen molar-refractivity contribution in [2.24, 2.45) is 0 Å². The van der Waals surface area contributed by atoms with Crippen molar-refractivity contribution < 1.29 is 113 Å². The zero-order valence-corrected chi connectivity index (χ0v) is 48.2. The molecule has 2 amide bonds. The summed E-state index contributed by atoms with van der Waals surface area (Å²) >= 11 is 0. The maximum atomic E-state index is 14.3. The number of aromatic nitrogens is 8. The Bertz CT molecular complexity index is 3790. The van der Waals surface area contributed by atoms with Gasteiger partial charge in [0.25, 0.3) is 17.6 Å². The van der Waals surface area contributed by atoms with E-state index in [1.54, 1.807) is 91.0 Å². The first-order valence-corrected chi connectivity index (χ1v) is 25.6. The Kier molecular flexibility index (Phi) is 22.1. The molecule has 11 rings (SSSR count). The molecule has 0 radical (unpaired) electrons. The summed E-state index contributed by atoms with van der Waals surface area (Å²) in [6.07, 6.45) is -7.72. The number of amides is 2. The average molecular weight is 1200 g/mol. The molecule has 8 atom stereocenters. The molecule has 29 nitrogen and oxygen atoms in total. The number of hydrogen-bond acceptors (Lipinski definition) is 25. The van der Waals surface area contributed by atoms with E-state index in [1.807, 2.05) is 0 Å². The molecule has 0 spiro atoms. The van der Waals surface area contributed by atoms with Gasteiger partial charge in [0.15, 0.2) is 47.2 Å². The first-order valence-electron chi connectivity index (χ1n) is 25.6. The predicted octanol–water partition coefficient (Wildman–Crippen LogP) is 0.892. The fourth-order valence-electron chi connectivity index (χ4n) is 9.00. The number of esters is 3. The molecule has 2 aliphatic heterocycles. The third-order valence-corrected chi connectivity index (χ3v) is 13.1. The van der Waals surface area contributed by atoms with Crippen molar-refractivity contribution in [1.29, 1.82) is 0 Å². The van der Waals surface area contributed by atoms with Crippen molar-refractivity contribution in [1.82, 2.24) is 39.0 Å². The fourth-order valence-corrected chi connectivity index (χ4v) is 9.00. The molecule has 5 aromatic carbocycles. The maximum Gasteiger partial charge on any atom is 1.00 e. The van der Waals surface area contributed by atoms with Gasteiger partial charge in [-0.3, -0.25) is 18.7 Å². The van der Waals surface area contributed by atoms with Gasteiger partial charge in [0.05, 0.1) is 36.7 Å². The zero-order valence-electron chi connectivity index (χ0n) is 46.2. The van der Waals surface area contributed by atoms with E-state index in [-0.39, 0.29) is 85.8 Å². The fraction of sp³-hybridized carbons (Fsp3) is 0.211. The van der Waals surface area contributed by atoms with Crippen LogP contribution in [0.5, 0.6) is 6.01 Å². The second-order valence-electron chi connectivity index (χ2n) is 18.3. The SMILES string of the molecule is CO.COc1nc(N)c2ncn(C3OC(CO)C(O)C3O)c2n1.O=C(OCC1OC(n2cnc3c(N(C(=O)c4ccccc4)C(=O)c4ccccc4)nc([N+](=O)[O-])nc32)C(OC(=O)c2ccccc2)C1OC(=O)c1ccccc1)c1ccccc1.[Na+].[OH-]. The summed E-state index contributed by atoms with van der Waals surface area (Å²) in [5.74, 6) is -5.67. The topological polar surface area (TPSA) is 411 Å². The van der Waals surface area contributed by atoms with Crippen LogP contribution in [0.2, 0.25) is 0 Å². The van der Waals surface area contributed by atoms with Gasteiger partial charge in [-0.2, -0.15) is 9.97 Å². The van der Waals surface area contributed by atoms with E-state index in [1.165, 1.54) is 78.7 Å². The molecule has 2 saturated heterocycles. The van der Waals surface area contributed by atoms with E-state index in [2.05, 4.69) is 29.9 Å². The van der Waals surface area contributed by atoms with Crippen LogP contribution >= 0.6 is 0 Å². The molecule has 0 bridgehead atoms. The molecule has 0 aliphatic carbocycles. The molecular weight excluding hydrogens is 1150 g/mol. The van der Waals surface area contributed by atoms with Gasteiger partial charge in [-0.25, -0.2) is 29.3 Å². The summed E-state index contributed by atoms with van der Waals surface area (Å²) in [5, 5.41) is 48.5. The van der Waals surface area contributed by atoms with Crippen LogP contribution in [0.1, 0.15) is 64.2 Å². The molecule has 9 aromatic rings. The zero-order chi connectivity index (χ0) is 60.3. The minimum Gasteiger partial charge on any atom is -0.870 e. The number of rotatable bonds is 15. The number of anilines is 2. The van der Waals surface area contributed by atoms with Gasteiger partial charge >= 0.3 is 59.4 Å². The van der Waals surface area contributed by atoms with Gasteiger partial charge in [0.2, 0.25) is 5.65 Å². The summed E-state index contributed by atoms with van der Waals surface area (Å²) in [6, 6.07) is 39.4. The predicted molar refractivity (Wildman–Crippen MR) is 297 cm³/mol. The van der Waals surface area contributed by atoms with E-state index in [0.717, 1.165) is 18.0 Å². The molecule has 87 heavy (non-hydrogen) atoms. The largest absolute Gasteiger partial charge is 1.00 e. The minimum atomic E-state index is -1.57. The van der Waals surface area contributed by atoms with E-state index in [0.29, 0.717) is 16.1 Å². The Morgan fingerprint density at radius 3 is 1.52 bits per heavy atom. The average Bonchev–Trinajstić information content (AvgIpc) is 1.79. The quantitative estimate of drug-likeness (QED) is 0.0238. The molecule has 2 fully saturated rings. The summed E-state index contributed by atoms with van der Waals surface area (Å²) in [4.78, 5) is 106. The second kappa shape index (κ2) is 29.5. The van der Waals surface area contributed by atoms with Crippen LogP contribution in [0.3, 0.4) is 0 Å². The maximum absolute atomic E-state index is 14.3. The number of hydrogen-bond donors (Lipinski definition) is 5. The third kappa shape index (κ3) is 14.1. The van der Waals surface area contributed by atoms with Gasteiger partial charge in [-0.1, -0.05) is 91.0 Å². The van der Waals surface area contributed by atoms with Gasteiger partial charge in [-0.15, -0.1) is 0 Å². The first kappa shape index (κ1) is 65.0. The van der Waals surface area contributed by atoms with Crippen molar-refractivity contribution in [3.63, 3.8) is 0 Å². The first-order chi connectivity index (χ1) is 41.2. The smallest absolute Gasteiger partial charge is 0.870 e. The molecule has 0 saturated carbocycles. The summed E-state index contributed by atoms with van der Waals surface area (Å²) < 4.78 is 37.1. The number of nitrogens with two attached hydrogens (primary N) is 1. The monoisotopic (exact) mass is 1200 g/mol. The number of aliphatic hydroxyl groups is 4. The molecule has 7 N–H and O–H groups in total. The number of ether oxygens (including phenoxy) is 6. The summed E-state index contributed by atoms with van der Waals surface area (Å²) in [7, 11) is 2.40. The Hall–Kier alpha value is -9.53. The minimum absolute atomic E-state index is 0. The molecule has 30 heteroatoms. The van der Waals surface area contributed by atoms with Gasteiger partial charge < -0.3 is 70.2 Å². The van der Waals surface area contributed by atoms with Crippen LogP contribution in [0.25, 0.3) is 22.3 Å². The number of aliphatic hydroxyl groups excluding tert-OH is 4. The number of carbonyl (C=O) groups is 5. The van der Waals surface area contributed by atoms with Gasteiger partial charge in [-0.05, 0) is 75.6 Å². The summed E-state index contributed by atoms with van der Waals surface area (Å²) in [6.45, 7) is -0.948. The number of nitrogens with zero attached hydrogens (tertiary/aromatic N) is 10. The number of imidazole rings is 2. The van der Waals surface area contributed by atoms with Crippen molar-refractivity contribution in [3.05, 3.63) is 202 Å². The second-order valence-corrected chi connectivity index (χ2v) is 18.3. The number of fused-ring (bicyclic) bond motifs is 2. The molecular formula is C57H52N11NaO18. The Morgan fingerprint density at radius 1 is 0.609 bits per heavy atom. The molecule has 4 aromatic heterocycles. The van der Waals surface area contributed by atoms with Gasteiger partial charge in [0, 0.05) is 18.2 Å². The van der Waals surface area contributed by atoms with Crippen LogP contribution < -0.4 is 44.9 Å². The Morgan fingerprint density at radius 2 is 1.05 bits per heavy atom. The normalized spacial score (nSPS) is 19.1. The third-order valence-electron chi connectivity index (χ3n) is 13.1. The van der Waals surface area contributed by atoms with Crippen LogP contribution in [0.15, 0.2) is 164 Å². The van der Waals surface area contributed by atoms with E-state index < -0.39 is 109 Å². The Labute approximate surface area is 514 Å². The van der Waals surface area contributed by atoms with Crippen LogP contribution in [-0.2, 0) is 23.7 Å². The Balaban J connectivity index is 0.000000363. The summed E-state index contributed by atoms with van der Waals surface area (Å²) in [5.41, 5.74) is 6.34. The number of imide groups is 1. The number of nitro groups is 1. The van der Waals surface area contributed by atoms with Crippen LogP contribution in [0, 0.1) is 10.1 Å². The molecule has 444 valence electrons. The van der Waals surface area contributed by atoms with E-state index in [4.69, 9.17) is 44.4 Å². The van der Waals surface area contributed by atoms with Crippen molar-refractivity contribution in [2.45, 2.75) is 49.1 Å². The number of nitrogen functional groups attached to an aromatic ring is 1.